The van der Waals surface area contributed by atoms with Gasteiger partial charge in [0.2, 0.25) is 0 Å². The van der Waals surface area contributed by atoms with Gasteiger partial charge in [-0.05, 0) is 81.9 Å². The van der Waals surface area contributed by atoms with Crippen LogP contribution in [0.25, 0.3) is 0 Å². The quantitative estimate of drug-likeness (QED) is 0.204. The molecule has 30 heavy (non-hydrogen) atoms. The van der Waals surface area contributed by atoms with Gasteiger partial charge in [0, 0.05) is 6.92 Å². The number of rotatable bonds is 7. The SMILES string of the molecule is CC(=O)Oc1c(I)cc(C(OS(=O)(=O)c2ccc(C)cc2)C(F)(F)C(=O)O)cc1I. The van der Waals surface area contributed by atoms with Crippen molar-refractivity contribution in [2.75, 3.05) is 0 Å². The molecule has 2 rings (SSSR count). The molecule has 0 aromatic heterocycles. The van der Waals surface area contributed by atoms with Crippen molar-refractivity contribution in [3.8, 4) is 5.75 Å². The summed E-state index contributed by atoms with van der Waals surface area (Å²) in [4.78, 5) is 22.0. The molecule has 1 N–H and O–H groups in total. The molecule has 0 saturated carbocycles. The Morgan fingerprint density at radius 3 is 2.03 bits per heavy atom. The van der Waals surface area contributed by atoms with Gasteiger partial charge >= 0.3 is 17.9 Å². The molecule has 0 aliphatic rings. The van der Waals surface area contributed by atoms with Gasteiger partial charge in [-0.2, -0.15) is 17.2 Å². The lowest BCUT2D eigenvalue weighted by Gasteiger charge is -2.24. The topological polar surface area (TPSA) is 107 Å². The third-order valence-electron chi connectivity index (χ3n) is 3.72. The molecule has 2 aromatic carbocycles. The standard InChI is InChI=1S/C18H14F2I2O7S/c1-9-3-5-12(6-4-9)30(26,27)29-16(18(19,20)17(24)25)11-7-13(21)15(14(22)8-11)28-10(2)23/h3-8,16H,1-2H3,(H,24,25). The van der Waals surface area contributed by atoms with Crippen molar-refractivity contribution in [3.05, 3.63) is 54.7 Å². The van der Waals surface area contributed by atoms with E-state index in [1.165, 1.54) is 12.1 Å². The second-order valence-electron chi connectivity index (χ2n) is 6.08. The Bertz CT molecular complexity index is 1060. The highest BCUT2D eigenvalue weighted by Gasteiger charge is 2.52. The van der Waals surface area contributed by atoms with E-state index < -0.39 is 44.5 Å². The van der Waals surface area contributed by atoms with Crippen LogP contribution in [-0.4, -0.2) is 31.4 Å². The molecule has 0 bridgehead atoms. The van der Waals surface area contributed by atoms with E-state index in [4.69, 9.17) is 14.0 Å². The molecule has 1 unspecified atom stereocenters. The minimum absolute atomic E-state index is 0.0752. The van der Waals surface area contributed by atoms with Crippen LogP contribution in [-0.2, 0) is 23.9 Å². The summed E-state index contributed by atoms with van der Waals surface area (Å²) in [5, 5.41) is 8.99. The van der Waals surface area contributed by atoms with Crippen molar-refractivity contribution in [1.82, 2.24) is 0 Å². The molecule has 0 saturated heterocycles. The number of esters is 1. The fourth-order valence-corrected chi connectivity index (χ4v) is 5.40. The van der Waals surface area contributed by atoms with Gasteiger partial charge in [-0.15, -0.1) is 0 Å². The molecular formula is C18H14F2I2O7S. The number of alkyl halides is 2. The van der Waals surface area contributed by atoms with E-state index in [1.54, 1.807) is 52.1 Å². The second kappa shape index (κ2) is 9.40. The van der Waals surface area contributed by atoms with Crippen LogP contribution in [0.3, 0.4) is 0 Å². The lowest BCUT2D eigenvalue weighted by molar-refractivity contribution is -0.179. The second-order valence-corrected chi connectivity index (χ2v) is 9.98. The molecule has 0 heterocycles. The van der Waals surface area contributed by atoms with Gasteiger partial charge in [-0.25, -0.2) is 4.79 Å². The number of hydrogen-bond acceptors (Lipinski definition) is 6. The summed E-state index contributed by atoms with van der Waals surface area (Å²) in [6, 6.07) is 7.37. The fraction of sp³-hybridized carbons (Fsp3) is 0.222. The van der Waals surface area contributed by atoms with Crippen LogP contribution in [0.2, 0.25) is 0 Å². The molecule has 0 fully saturated rings. The van der Waals surface area contributed by atoms with E-state index in [-0.39, 0.29) is 12.9 Å². The monoisotopic (exact) mass is 666 g/mol. The Morgan fingerprint density at radius 2 is 1.60 bits per heavy atom. The van der Waals surface area contributed by atoms with E-state index in [2.05, 4.69) is 0 Å². The molecule has 0 radical (unpaired) electrons. The zero-order valence-electron chi connectivity index (χ0n) is 15.4. The maximum atomic E-state index is 14.5. The molecular weight excluding hydrogens is 652 g/mol. The number of aliphatic carboxylic acids is 1. The highest BCUT2D eigenvalue weighted by molar-refractivity contribution is 14.1. The number of aryl methyl sites for hydroxylation is 1. The van der Waals surface area contributed by atoms with Crippen LogP contribution >= 0.6 is 45.2 Å². The van der Waals surface area contributed by atoms with Crippen molar-refractivity contribution in [1.29, 1.82) is 0 Å². The van der Waals surface area contributed by atoms with Gasteiger partial charge < -0.3 is 9.84 Å². The third kappa shape index (κ3) is 5.64. The van der Waals surface area contributed by atoms with Crippen molar-refractivity contribution in [3.63, 3.8) is 0 Å². The first-order chi connectivity index (χ1) is 13.8. The third-order valence-corrected chi connectivity index (χ3v) is 6.61. The van der Waals surface area contributed by atoms with E-state index >= 15 is 0 Å². The average Bonchev–Trinajstić information content (AvgIpc) is 2.62. The first kappa shape index (κ1) is 24.9. The van der Waals surface area contributed by atoms with Crippen LogP contribution in [0.15, 0.2) is 41.3 Å². The lowest BCUT2D eigenvalue weighted by Crippen LogP contribution is -2.38. The van der Waals surface area contributed by atoms with E-state index in [9.17, 15) is 26.8 Å². The highest BCUT2D eigenvalue weighted by atomic mass is 127. The number of ether oxygens (including phenoxy) is 1. The summed E-state index contributed by atoms with van der Waals surface area (Å²) in [7, 11) is -4.73. The van der Waals surface area contributed by atoms with E-state index in [0.717, 1.165) is 36.8 Å². The summed E-state index contributed by atoms with van der Waals surface area (Å²) >= 11 is 3.39. The van der Waals surface area contributed by atoms with Crippen LogP contribution in [0, 0.1) is 14.1 Å². The van der Waals surface area contributed by atoms with Crippen molar-refractivity contribution >= 4 is 67.2 Å². The maximum absolute atomic E-state index is 14.5. The minimum atomic E-state index is -4.73. The van der Waals surface area contributed by atoms with Gasteiger partial charge in [0.05, 0.1) is 12.0 Å². The number of carbonyl (C=O) groups excluding carboxylic acids is 1. The first-order valence-corrected chi connectivity index (χ1v) is 11.6. The maximum Gasteiger partial charge on any atom is 0.377 e. The van der Waals surface area contributed by atoms with Gasteiger partial charge in [-0.1, -0.05) is 17.7 Å². The van der Waals surface area contributed by atoms with Crippen LogP contribution < -0.4 is 4.74 Å². The van der Waals surface area contributed by atoms with E-state index in [1.807, 2.05) is 0 Å². The summed E-state index contributed by atoms with van der Waals surface area (Å²) < 4.78 is 64.2. The molecule has 12 heteroatoms. The largest absolute Gasteiger partial charge is 0.477 e. The molecule has 0 aliphatic carbocycles. The molecule has 0 spiro atoms. The first-order valence-electron chi connectivity index (χ1n) is 8.04. The lowest BCUT2D eigenvalue weighted by atomic mass is 10.0. The summed E-state index contributed by atoms with van der Waals surface area (Å²) in [5.74, 6) is -7.71. The fourth-order valence-electron chi connectivity index (χ4n) is 2.30. The molecule has 2 aromatic rings. The summed E-state index contributed by atoms with van der Waals surface area (Å²) in [5.41, 5.74) is 0.314. The highest BCUT2D eigenvalue weighted by Crippen LogP contribution is 2.40. The summed E-state index contributed by atoms with van der Waals surface area (Å²) in [6.07, 6.45) is -2.66. The van der Waals surface area contributed by atoms with Crippen LogP contribution in [0.5, 0.6) is 5.75 Å². The average molecular weight is 666 g/mol. The Hall–Kier alpha value is -1.39. The summed E-state index contributed by atoms with van der Waals surface area (Å²) in [6.45, 7) is 2.85. The predicted molar refractivity (Wildman–Crippen MR) is 118 cm³/mol. The molecule has 162 valence electrons. The smallest absolute Gasteiger partial charge is 0.377 e. The Labute approximate surface area is 198 Å². The van der Waals surface area contributed by atoms with Gasteiger partial charge in [0.15, 0.2) is 11.9 Å². The minimum Gasteiger partial charge on any atom is -0.477 e. The predicted octanol–water partition coefficient (Wildman–Crippen LogP) is 4.30. The zero-order chi connectivity index (χ0) is 22.9. The van der Waals surface area contributed by atoms with E-state index in [0.29, 0.717) is 0 Å². The Morgan fingerprint density at radius 1 is 1.10 bits per heavy atom. The van der Waals surface area contributed by atoms with Gasteiger partial charge in [0.25, 0.3) is 10.1 Å². The Balaban J connectivity index is 2.58. The molecule has 0 aliphatic heterocycles. The molecule has 7 nitrogen and oxygen atoms in total. The van der Waals surface area contributed by atoms with Crippen molar-refractivity contribution in [2.24, 2.45) is 0 Å². The molecule has 0 amide bonds. The van der Waals surface area contributed by atoms with Gasteiger partial charge in [-0.3, -0.25) is 8.98 Å². The Kier molecular flexibility index (Phi) is 7.79. The van der Waals surface area contributed by atoms with Crippen molar-refractivity contribution in [2.45, 2.75) is 30.8 Å². The number of hydrogen-bond donors (Lipinski definition) is 1. The zero-order valence-corrected chi connectivity index (χ0v) is 20.5. The number of carboxylic acids is 1. The number of carboxylic acid groups (broad SMARTS) is 1. The van der Waals surface area contributed by atoms with Crippen LogP contribution in [0.1, 0.15) is 24.2 Å². The number of halogens is 4. The van der Waals surface area contributed by atoms with Gasteiger partial charge in [0.1, 0.15) is 0 Å². The van der Waals surface area contributed by atoms with Crippen LogP contribution in [0.4, 0.5) is 8.78 Å². The normalized spacial score (nSPS) is 13.0. The number of carbonyl (C=O) groups is 2. The molecule has 1 atom stereocenters. The van der Waals surface area contributed by atoms with Crippen molar-refractivity contribution < 1.29 is 40.8 Å². The number of benzene rings is 2.